The van der Waals surface area contributed by atoms with E-state index in [1.165, 1.54) is 6.92 Å². The van der Waals surface area contributed by atoms with E-state index in [4.69, 9.17) is 23.4 Å². The SMILES string of the molecule is CCOC(=O)C(C(C)=O)C(/C(C=[N+](C)C)=C/N(C)C)N(C)C.[O-][Cl+3]([O-])([O-])[O-]. The lowest BCUT2D eigenvalue weighted by molar-refractivity contribution is -2.00. The Kier molecular flexibility index (Phi) is 13.1. The van der Waals surface area contributed by atoms with E-state index in [1.54, 1.807) is 6.92 Å². The number of ether oxygens (including phenoxy) is 1. The van der Waals surface area contributed by atoms with E-state index in [2.05, 4.69) is 0 Å². The maximum absolute atomic E-state index is 12.3. The van der Waals surface area contributed by atoms with Crippen LogP contribution in [0, 0.1) is 16.2 Å². The Hall–Kier alpha value is -1.56. The molecule has 27 heavy (non-hydrogen) atoms. The number of hydrogen-bond donors (Lipinski definition) is 0. The number of carbonyl (C=O) groups is 2. The molecule has 0 aromatic carbocycles. The summed E-state index contributed by atoms with van der Waals surface area (Å²) < 4.78 is 41.0. The van der Waals surface area contributed by atoms with Crippen molar-refractivity contribution in [2.24, 2.45) is 5.92 Å². The summed E-state index contributed by atoms with van der Waals surface area (Å²) >= 11 is 0. The summed E-state index contributed by atoms with van der Waals surface area (Å²) in [5.41, 5.74) is 0.869. The van der Waals surface area contributed by atoms with E-state index >= 15 is 0 Å². The summed E-state index contributed by atoms with van der Waals surface area (Å²) in [4.78, 5) is 28.1. The second-order valence-electron chi connectivity index (χ2n) is 6.31. The van der Waals surface area contributed by atoms with E-state index in [0.29, 0.717) is 0 Å². The molecule has 0 saturated heterocycles. The molecule has 0 spiro atoms. The normalized spacial score (nSPS) is 13.9. The smallest absolute Gasteiger partial charge is 0.318 e. The second-order valence-corrected chi connectivity index (χ2v) is 7.07. The number of hydrogen-bond acceptors (Lipinski definition) is 9. The Balaban J connectivity index is 0. The minimum atomic E-state index is -4.94. The van der Waals surface area contributed by atoms with E-state index in [-0.39, 0.29) is 18.4 Å². The van der Waals surface area contributed by atoms with Crippen molar-refractivity contribution in [2.75, 3.05) is 48.9 Å². The quantitative estimate of drug-likeness (QED) is 0.167. The number of likely N-dealkylation sites (N-methyl/N-ethyl adjacent to an activating group) is 1. The fraction of sp³-hybridized carbons (Fsp3) is 0.688. The molecule has 0 aromatic heterocycles. The zero-order valence-corrected chi connectivity index (χ0v) is 17.8. The molecule has 0 fully saturated rings. The van der Waals surface area contributed by atoms with Crippen LogP contribution < -0.4 is 18.6 Å². The summed E-state index contributed by atoms with van der Waals surface area (Å²) in [6.45, 7) is 3.43. The number of ketones is 1. The highest BCUT2D eigenvalue weighted by Gasteiger charge is 2.38. The highest BCUT2D eigenvalue weighted by molar-refractivity contribution is 6.00. The minimum absolute atomic E-state index is 0.200. The van der Waals surface area contributed by atoms with Gasteiger partial charge in [-0.3, -0.25) is 9.59 Å². The van der Waals surface area contributed by atoms with Gasteiger partial charge < -0.3 is 14.5 Å². The van der Waals surface area contributed by atoms with Crippen molar-refractivity contribution in [3.05, 3.63) is 11.8 Å². The Labute approximate surface area is 162 Å². The monoisotopic (exact) mass is 411 g/mol. The maximum atomic E-state index is 12.3. The molecule has 2 atom stereocenters. The van der Waals surface area contributed by atoms with Crippen molar-refractivity contribution in [3.8, 4) is 0 Å². The first kappa shape index (κ1) is 27.7. The predicted octanol–water partition coefficient (Wildman–Crippen LogP) is -4.28. The van der Waals surface area contributed by atoms with Gasteiger partial charge in [0.25, 0.3) is 0 Å². The van der Waals surface area contributed by atoms with E-state index in [0.717, 1.165) is 5.57 Å². The van der Waals surface area contributed by atoms with E-state index in [1.807, 2.05) is 69.1 Å². The fourth-order valence-corrected chi connectivity index (χ4v) is 2.32. The summed E-state index contributed by atoms with van der Waals surface area (Å²) in [6.07, 6.45) is 3.83. The first-order valence-electron chi connectivity index (χ1n) is 7.96. The number of carbonyl (C=O) groups excluding carboxylic acids is 2. The lowest BCUT2D eigenvalue weighted by Gasteiger charge is -2.30. The van der Waals surface area contributed by atoms with Gasteiger partial charge in [-0.05, 0) is 27.9 Å². The Morgan fingerprint density at radius 1 is 1.11 bits per heavy atom. The van der Waals surface area contributed by atoms with E-state index in [9.17, 15) is 9.59 Å². The summed E-state index contributed by atoms with van der Waals surface area (Å²) in [7, 11) is 6.39. The molecule has 0 aliphatic heterocycles. The lowest BCUT2D eigenvalue weighted by Crippen LogP contribution is -2.68. The van der Waals surface area contributed by atoms with Crippen LogP contribution in [0.1, 0.15) is 13.8 Å². The van der Waals surface area contributed by atoms with Crippen LogP contribution in [0.15, 0.2) is 11.8 Å². The maximum Gasteiger partial charge on any atom is 0.318 e. The molecular formula is C16H30ClN3O7. The first-order chi connectivity index (χ1) is 12.1. The van der Waals surface area contributed by atoms with Gasteiger partial charge in [0.2, 0.25) is 0 Å². The molecule has 0 aliphatic carbocycles. The molecule has 158 valence electrons. The predicted molar refractivity (Wildman–Crippen MR) is 88.2 cm³/mol. The molecule has 0 bridgehead atoms. The van der Waals surface area contributed by atoms with Gasteiger partial charge in [-0.1, -0.05) is 0 Å². The third kappa shape index (κ3) is 14.2. The van der Waals surface area contributed by atoms with Gasteiger partial charge in [0.1, 0.15) is 25.8 Å². The number of rotatable bonds is 8. The van der Waals surface area contributed by atoms with Crippen LogP contribution in [0.5, 0.6) is 0 Å². The molecule has 2 unspecified atom stereocenters. The van der Waals surface area contributed by atoms with E-state index < -0.39 is 22.1 Å². The molecule has 10 nitrogen and oxygen atoms in total. The molecular weight excluding hydrogens is 382 g/mol. The van der Waals surface area contributed by atoms with Crippen LogP contribution in [0.3, 0.4) is 0 Å². The third-order valence-corrected chi connectivity index (χ3v) is 3.01. The Morgan fingerprint density at radius 3 is 1.81 bits per heavy atom. The van der Waals surface area contributed by atoms with Crippen molar-refractivity contribution in [1.82, 2.24) is 9.80 Å². The summed E-state index contributed by atoms with van der Waals surface area (Å²) in [6, 6.07) is -0.388. The average molecular weight is 412 g/mol. The molecule has 0 heterocycles. The number of esters is 1. The van der Waals surface area contributed by atoms with Crippen molar-refractivity contribution in [2.45, 2.75) is 19.9 Å². The standard InChI is InChI=1S/C16H30N3O3.ClHO4/c1-9-22-16(21)14(12(2)20)15(19(7)8)13(10-17(3)4)11-18(5)6;2-1(3,4)5/h10-11,14-15H,9H2,1-8H3;(H,2,3,4,5)/q+1;/p-1. The van der Waals surface area contributed by atoms with Gasteiger partial charge in [0.15, 0.2) is 6.21 Å². The fourth-order valence-electron chi connectivity index (χ4n) is 2.32. The average Bonchev–Trinajstić information content (AvgIpc) is 2.40. The van der Waals surface area contributed by atoms with Crippen LogP contribution >= 0.6 is 0 Å². The van der Waals surface area contributed by atoms with Gasteiger partial charge in [-0.15, -0.1) is 10.2 Å². The number of Topliss-reactive ketones (excluding diaryl/α,β-unsaturated/α-hetero) is 1. The zero-order valence-electron chi connectivity index (χ0n) is 17.1. The molecule has 0 N–H and O–H groups in total. The topological polar surface area (TPSA) is 145 Å². The van der Waals surface area contributed by atoms with Crippen LogP contribution in [-0.4, -0.2) is 87.3 Å². The number of nitrogens with zero attached hydrogens (tertiary/aromatic N) is 3. The summed E-state index contributed by atoms with van der Waals surface area (Å²) in [5, 5.41) is 0. The van der Waals surface area contributed by atoms with Gasteiger partial charge in [0, 0.05) is 25.9 Å². The molecule has 0 amide bonds. The van der Waals surface area contributed by atoms with Gasteiger partial charge in [-0.25, -0.2) is 23.2 Å². The molecule has 0 rings (SSSR count). The second kappa shape index (κ2) is 12.8. The van der Waals surface area contributed by atoms with Crippen molar-refractivity contribution in [3.63, 3.8) is 0 Å². The highest BCUT2D eigenvalue weighted by Crippen LogP contribution is 2.20. The van der Waals surface area contributed by atoms with Gasteiger partial charge in [-0.2, -0.15) is 0 Å². The van der Waals surface area contributed by atoms with Crippen LogP contribution in [0.25, 0.3) is 0 Å². The molecule has 0 radical (unpaired) electrons. The van der Waals surface area contributed by atoms with Gasteiger partial charge >= 0.3 is 5.97 Å². The van der Waals surface area contributed by atoms with Gasteiger partial charge in [0.05, 0.1) is 12.6 Å². The lowest BCUT2D eigenvalue weighted by atomic mass is 9.89. The third-order valence-electron chi connectivity index (χ3n) is 3.01. The molecule has 0 aromatic rings. The van der Waals surface area contributed by atoms with Crippen LogP contribution in [0.4, 0.5) is 0 Å². The molecule has 0 aliphatic rings. The van der Waals surface area contributed by atoms with Crippen LogP contribution in [-0.2, 0) is 14.3 Å². The first-order valence-corrected chi connectivity index (χ1v) is 9.19. The molecule has 11 heteroatoms. The van der Waals surface area contributed by atoms with Crippen molar-refractivity contribution >= 4 is 18.0 Å². The Morgan fingerprint density at radius 2 is 1.56 bits per heavy atom. The van der Waals surface area contributed by atoms with Crippen molar-refractivity contribution < 1.29 is 47.8 Å². The summed E-state index contributed by atoms with van der Waals surface area (Å²) in [5.74, 6) is -1.53. The minimum Gasteiger partial charge on any atom is -0.465 e. The zero-order chi connectivity index (χ0) is 21.9. The Bertz CT molecular complexity index is 533. The molecule has 0 saturated carbocycles. The largest absolute Gasteiger partial charge is 0.465 e. The van der Waals surface area contributed by atoms with Crippen molar-refractivity contribution in [1.29, 1.82) is 0 Å². The number of halogens is 1. The highest BCUT2D eigenvalue weighted by atomic mass is 35.7. The van der Waals surface area contributed by atoms with Crippen LogP contribution in [0.2, 0.25) is 0 Å².